The molecule has 1 saturated carbocycles. The van der Waals surface area contributed by atoms with Crippen LogP contribution in [0.25, 0.3) is 0 Å². The SMILES string of the molecule is CCN(C(=O)C1CCCC(N)C1)c1cccc(O)c1. The van der Waals surface area contributed by atoms with Crippen LogP contribution < -0.4 is 10.6 Å². The zero-order valence-corrected chi connectivity index (χ0v) is 11.4. The van der Waals surface area contributed by atoms with Crippen molar-refractivity contribution in [1.82, 2.24) is 0 Å². The Bertz CT molecular complexity index is 448. The minimum atomic E-state index is 0.0195. The molecule has 2 rings (SSSR count). The van der Waals surface area contributed by atoms with E-state index in [1.807, 2.05) is 13.0 Å². The van der Waals surface area contributed by atoms with E-state index in [4.69, 9.17) is 5.73 Å². The van der Waals surface area contributed by atoms with Crippen LogP contribution >= 0.6 is 0 Å². The van der Waals surface area contributed by atoms with Crippen LogP contribution in [-0.2, 0) is 4.79 Å². The van der Waals surface area contributed by atoms with Crippen LogP contribution in [0.4, 0.5) is 5.69 Å². The van der Waals surface area contributed by atoms with Gasteiger partial charge < -0.3 is 15.7 Å². The maximum Gasteiger partial charge on any atom is 0.230 e. The van der Waals surface area contributed by atoms with E-state index in [0.29, 0.717) is 6.54 Å². The quantitative estimate of drug-likeness (QED) is 0.878. The van der Waals surface area contributed by atoms with Crippen molar-refractivity contribution in [3.05, 3.63) is 24.3 Å². The van der Waals surface area contributed by atoms with Gasteiger partial charge in [0.1, 0.15) is 5.75 Å². The number of carbonyl (C=O) groups is 1. The highest BCUT2D eigenvalue weighted by atomic mass is 16.3. The molecular formula is C15H22N2O2. The van der Waals surface area contributed by atoms with E-state index in [1.165, 1.54) is 0 Å². The molecule has 0 aromatic heterocycles. The summed E-state index contributed by atoms with van der Waals surface area (Å²) in [4.78, 5) is 14.3. The molecule has 1 amide bonds. The maximum atomic E-state index is 12.6. The molecule has 0 spiro atoms. The van der Waals surface area contributed by atoms with Gasteiger partial charge in [-0.1, -0.05) is 12.5 Å². The lowest BCUT2D eigenvalue weighted by Gasteiger charge is -2.31. The molecular weight excluding hydrogens is 240 g/mol. The number of hydrogen-bond donors (Lipinski definition) is 2. The highest BCUT2D eigenvalue weighted by molar-refractivity contribution is 5.95. The predicted octanol–water partition coefficient (Wildman–Crippen LogP) is 2.26. The second-order valence-electron chi connectivity index (χ2n) is 5.23. The average Bonchev–Trinajstić information content (AvgIpc) is 2.39. The van der Waals surface area contributed by atoms with Crippen LogP contribution in [-0.4, -0.2) is 23.6 Å². The Labute approximate surface area is 114 Å². The maximum absolute atomic E-state index is 12.6. The number of carbonyl (C=O) groups excluding carboxylic acids is 1. The summed E-state index contributed by atoms with van der Waals surface area (Å²) in [5.41, 5.74) is 6.71. The number of phenols is 1. The number of rotatable bonds is 3. The van der Waals surface area contributed by atoms with Crippen molar-refractivity contribution in [2.45, 2.75) is 38.6 Å². The molecule has 1 aromatic rings. The fraction of sp³-hybridized carbons (Fsp3) is 0.533. The van der Waals surface area contributed by atoms with Gasteiger partial charge in [-0.2, -0.15) is 0 Å². The monoisotopic (exact) mass is 262 g/mol. The van der Waals surface area contributed by atoms with Gasteiger partial charge >= 0.3 is 0 Å². The summed E-state index contributed by atoms with van der Waals surface area (Å²) in [5, 5.41) is 9.53. The average molecular weight is 262 g/mol. The highest BCUT2D eigenvalue weighted by Crippen LogP contribution is 2.28. The summed E-state index contributed by atoms with van der Waals surface area (Å²) >= 11 is 0. The second-order valence-corrected chi connectivity index (χ2v) is 5.23. The minimum Gasteiger partial charge on any atom is -0.508 e. The van der Waals surface area contributed by atoms with Crippen LogP contribution in [0, 0.1) is 5.92 Å². The van der Waals surface area contributed by atoms with Crippen LogP contribution in [0.3, 0.4) is 0 Å². The Balaban J connectivity index is 2.15. The molecule has 3 N–H and O–H groups in total. The molecule has 2 atom stereocenters. The van der Waals surface area contributed by atoms with E-state index in [-0.39, 0.29) is 23.6 Å². The molecule has 19 heavy (non-hydrogen) atoms. The normalized spacial score (nSPS) is 23.1. The molecule has 4 heteroatoms. The third-order valence-corrected chi connectivity index (χ3v) is 3.79. The number of nitrogens with two attached hydrogens (primary N) is 1. The lowest BCUT2D eigenvalue weighted by Crippen LogP contribution is -2.40. The van der Waals surface area contributed by atoms with E-state index < -0.39 is 0 Å². The molecule has 0 heterocycles. The van der Waals surface area contributed by atoms with Gasteiger partial charge in [0.05, 0.1) is 0 Å². The van der Waals surface area contributed by atoms with Crippen LogP contribution in [0.1, 0.15) is 32.6 Å². The standard InChI is InChI=1S/C15H22N2O2/c1-2-17(13-7-4-8-14(18)10-13)15(19)11-5-3-6-12(16)9-11/h4,7-8,10-12,18H,2-3,5-6,9,16H2,1H3. The molecule has 4 nitrogen and oxygen atoms in total. The van der Waals surface area contributed by atoms with E-state index >= 15 is 0 Å². The molecule has 2 unspecified atom stereocenters. The number of anilines is 1. The van der Waals surface area contributed by atoms with Crippen molar-refractivity contribution in [2.24, 2.45) is 11.7 Å². The molecule has 0 saturated heterocycles. The Morgan fingerprint density at radius 2 is 2.26 bits per heavy atom. The minimum absolute atomic E-state index is 0.0195. The third kappa shape index (κ3) is 3.26. The number of aromatic hydroxyl groups is 1. The van der Waals surface area contributed by atoms with Gasteiger partial charge in [-0.25, -0.2) is 0 Å². The van der Waals surface area contributed by atoms with Crippen LogP contribution in [0.15, 0.2) is 24.3 Å². The Kier molecular flexibility index (Phi) is 4.43. The molecule has 0 radical (unpaired) electrons. The van der Waals surface area contributed by atoms with Crippen molar-refractivity contribution >= 4 is 11.6 Å². The van der Waals surface area contributed by atoms with Crippen molar-refractivity contribution in [3.8, 4) is 5.75 Å². The largest absolute Gasteiger partial charge is 0.508 e. The van der Waals surface area contributed by atoms with Crippen LogP contribution in [0.5, 0.6) is 5.75 Å². The summed E-state index contributed by atoms with van der Waals surface area (Å²) in [6.07, 6.45) is 3.73. The first-order chi connectivity index (χ1) is 9.11. The van der Waals surface area contributed by atoms with Crippen molar-refractivity contribution in [1.29, 1.82) is 0 Å². The summed E-state index contributed by atoms with van der Waals surface area (Å²) in [7, 11) is 0. The zero-order chi connectivity index (χ0) is 13.8. The van der Waals surface area contributed by atoms with Gasteiger partial charge in [0.25, 0.3) is 0 Å². The molecule has 0 bridgehead atoms. The first kappa shape index (κ1) is 13.9. The Hall–Kier alpha value is -1.55. The van der Waals surface area contributed by atoms with E-state index in [1.54, 1.807) is 23.1 Å². The van der Waals surface area contributed by atoms with Crippen molar-refractivity contribution < 1.29 is 9.90 Å². The Morgan fingerprint density at radius 3 is 2.89 bits per heavy atom. The van der Waals surface area contributed by atoms with E-state index in [2.05, 4.69) is 0 Å². The van der Waals surface area contributed by atoms with Crippen LogP contribution in [0.2, 0.25) is 0 Å². The van der Waals surface area contributed by atoms with Gasteiger partial charge in [0, 0.05) is 30.3 Å². The lowest BCUT2D eigenvalue weighted by molar-refractivity contribution is -0.123. The molecule has 1 fully saturated rings. The number of hydrogen-bond acceptors (Lipinski definition) is 3. The molecule has 1 aliphatic rings. The molecule has 0 aliphatic heterocycles. The topological polar surface area (TPSA) is 66.6 Å². The van der Waals surface area contributed by atoms with E-state index in [9.17, 15) is 9.90 Å². The van der Waals surface area contributed by atoms with E-state index in [0.717, 1.165) is 31.4 Å². The van der Waals surface area contributed by atoms with Gasteiger partial charge in [0.15, 0.2) is 0 Å². The van der Waals surface area contributed by atoms with Crippen molar-refractivity contribution in [3.63, 3.8) is 0 Å². The molecule has 104 valence electrons. The second kappa shape index (κ2) is 6.06. The number of amides is 1. The number of benzene rings is 1. The van der Waals surface area contributed by atoms with Gasteiger partial charge in [-0.3, -0.25) is 4.79 Å². The predicted molar refractivity (Wildman–Crippen MR) is 76.1 cm³/mol. The third-order valence-electron chi connectivity index (χ3n) is 3.79. The van der Waals surface area contributed by atoms with Gasteiger partial charge in [0.2, 0.25) is 5.91 Å². The smallest absolute Gasteiger partial charge is 0.230 e. The summed E-state index contributed by atoms with van der Waals surface area (Å²) < 4.78 is 0. The highest BCUT2D eigenvalue weighted by Gasteiger charge is 2.29. The molecule has 1 aromatic carbocycles. The summed E-state index contributed by atoms with van der Waals surface area (Å²) in [6, 6.07) is 6.99. The fourth-order valence-electron chi connectivity index (χ4n) is 2.80. The zero-order valence-electron chi connectivity index (χ0n) is 11.4. The fourth-order valence-corrected chi connectivity index (χ4v) is 2.80. The molecule has 1 aliphatic carbocycles. The van der Waals surface area contributed by atoms with Gasteiger partial charge in [-0.05, 0) is 38.3 Å². The number of phenolic OH excluding ortho intramolecular Hbond substituents is 1. The first-order valence-electron chi connectivity index (χ1n) is 6.97. The first-order valence-corrected chi connectivity index (χ1v) is 6.97. The summed E-state index contributed by atoms with van der Waals surface area (Å²) in [5.74, 6) is 0.332. The summed E-state index contributed by atoms with van der Waals surface area (Å²) in [6.45, 7) is 2.55. The van der Waals surface area contributed by atoms with Crippen molar-refractivity contribution in [2.75, 3.05) is 11.4 Å². The number of nitrogens with zero attached hydrogens (tertiary/aromatic N) is 1. The lowest BCUT2D eigenvalue weighted by atomic mass is 9.85. The Morgan fingerprint density at radius 1 is 1.47 bits per heavy atom. The van der Waals surface area contributed by atoms with Gasteiger partial charge in [-0.15, -0.1) is 0 Å².